The quantitative estimate of drug-likeness (QED) is 0.771. The molecular weight excluding hydrogens is 271 g/mol. The Morgan fingerprint density at radius 1 is 1.55 bits per heavy atom. The van der Waals surface area contributed by atoms with Gasteiger partial charge >= 0.3 is 11.7 Å². The van der Waals surface area contributed by atoms with E-state index in [2.05, 4.69) is 4.74 Å². The Kier molecular flexibility index (Phi) is 3.51. The van der Waals surface area contributed by atoms with Crippen molar-refractivity contribution in [3.63, 3.8) is 0 Å². The Bertz CT molecular complexity index is 635. The first-order valence-electron chi connectivity index (χ1n) is 6.02. The summed E-state index contributed by atoms with van der Waals surface area (Å²) >= 11 is 0. The Morgan fingerprint density at radius 2 is 2.20 bits per heavy atom. The van der Waals surface area contributed by atoms with Gasteiger partial charge in [-0.25, -0.2) is 14.0 Å². The number of halogens is 1. The molecule has 7 nitrogen and oxygen atoms in total. The van der Waals surface area contributed by atoms with Crippen molar-refractivity contribution in [2.45, 2.75) is 31.8 Å². The van der Waals surface area contributed by atoms with Gasteiger partial charge in [-0.15, -0.1) is 0 Å². The number of hydrogen-bond acceptors (Lipinski definition) is 5. The second-order valence-electron chi connectivity index (χ2n) is 4.89. The highest BCUT2D eigenvalue weighted by Crippen LogP contribution is 2.44. The molecule has 2 rings (SSSR count). The largest absolute Gasteiger partial charge is 0.467 e. The van der Waals surface area contributed by atoms with Gasteiger partial charge in [0.05, 0.1) is 7.11 Å². The van der Waals surface area contributed by atoms with Crippen LogP contribution in [0.3, 0.4) is 0 Å². The summed E-state index contributed by atoms with van der Waals surface area (Å²) < 4.78 is 25.6. The van der Waals surface area contributed by atoms with Crippen LogP contribution in [0.25, 0.3) is 0 Å². The Balaban J connectivity index is 2.44. The molecule has 1 fully saturated rings. The van der Waals surface area contributed by atoms with Crippen LogP contribution in [0, 0.1) is 5.92 Å². The minimum absolute atomic E-state index is 0.595. The van der Waals surface area contributed by atoms with Gasteiger partial charge in [0.25, 0.3) is 5.56 Å². The SMILES string of the molecule is COC(=O)[C@H]1O[C@@H](n2ccc(=O)[nH]c2=O)[C@](C)(F)[C@@H]1C. The molecule has 110 valence electrons. The molecule has 1 saturated heterocycles. The van der Waals surface area contributed by atoms with Gasteiger partial charge < -0.3 is 9.47 Å². The predicted molar refractivity (Wildman–Crippen MR) is 65.9 cm³/mol. The highest BCUT2D eigenvalue weighted by Gasteiger charge is 2.56. The number of hydrogen-bond donors (Lipinski definition) is 1. The number of H-pyrrole nitrogens is 1. The van der Waals surface area contributed by atoms with Crippen LogP contribution < -0.4 is 11.2 Å². The third-order valence-corrected chi connectivity index (χ3v) is 3.64. The van der Waals surface area contributed by atoms with E-state index < -0.39 is 41.1 Å². The van der Waals surface area contributed by atoms with E-state index in [0.717, 1.165) is 16.8 Å². The highest BCUT2D eigenvalue weighted by molar-refractivity contribution is 5.75. The van der Waals surface area contributed by atoms with Crippen molar-refractivity contribution in [3.8, 4) is 0 Å². The average Bonchev–Trinajstić information content (AvgIpc) is 2.61. The summed E-state index contributed by atoms with van der Waals surface area (Å²) in [5.74, 6) is -1.51. The topological polar surface area (TPSA) is 90.4 Å². The summed E-state index contributed by atoms with van der Waals surface area (Å²) in [6, 6.07) is 1.08. The molecule has 1 aliphatic heterocycles. The van der Waals surface area contributed by atoms with Crippen molar-refractivity contribution in [2.75, 3.05) is 7.11 Å². The molecule has 0 saturated carbocycles. The van der Waals surface area contributed by atoms with Crippen molar-refractivity contribution in [3.05, 3.63) is 33.1 Å². The highest BCUT2D eigenvalue weighted by atomic mass is 19.1. The van der Waals surface area contributed by atoms with Crippen LogP contribution in [0.2, 0.25) is 0 Å². The van der Waals surface area contributed by atoms with Crippen LogP contribution in [-0.2, 0) is 14.3 Å². The zero-order valence-electron chi connectivity index (χ0n) is 11.3. The number of carbonyl (C=O) groups is 1. The van der Waals surface area contributed by atoms with Gasteiger partial charge in [0.1, 0.15) is 0 Å². The molecule has 20 heavy (non-hydrogen) atoms. The van der Waals surface area contributed by atoms with E-state index in [0.29, 0.717) is 0 Å². The summed E-state index contributed by atoms with van der Waals surface area (Å²) in [4.78, 5) is 36.3. The van der Waals surface area contributed by atoms with E-state index in [1.165, 1.54) is 21.0 Å². The molecule has 8 heteroatoms. The number of esters is 1. The predicted octanol–water partition coefficient (Wildman–Crippen LogP) is -0.0287. The van der Waals surface area contributed by atoms with Crippen LogP contribution >= 0.6 is 0 Å². The molecule has 0 amide bonds. The van der Waals surface area contributed by atoms with Crippen LogP contribution in [0.5, 0.6) is 0 Å². The first kappa shape index (κ1) is 14.4. The maximum atomic E-state index is 14.8. The normalized spacial score (nSPS) is 33.1. The van der Waals surface area contributed by atoms with Crippen molar-refractivity contribution >= 4 is 5.97 Å². The molecule has 0 spiro atoms. The molecule has 1 aromatic heterocycles. The second kappa shape index (κ2) is 4.86. The number of aromatic amines is 1. The van der Waals surface area contributed by atoms with E-state index in [1.807, 2.05) is 4.98 Å². The molecule has 0 unspecified atom stereocenters. The third kappa shape index (κ3) is 2.15. The molecule has 0 radical (unpaired) electrons. The van der Waals surface area contributed by atoms with Crippen molar-refractivity contribution < 1.29 is 18.7 Å². The summed E-state index contributed by atoms with van der Waals surface area (Å²) in [6.07, 6.45) is -1.29. The zero-order chi connectivity index (χ0) is 15.1. The van der Waals surface area contributed by atoms with Crippen molar-refractivity contribution in [1.29, 1.82) is 0 Å². The van der Waals surface area contributed by atoms with Gasteiger partial charge in [-0.05, 0) is 6.92 Å². The van der Waals surface area contributed by atoms with E-state index >= 15 is 0 Å². The lowest BCUT2D eigenvalue weighted by Crippen LogP contribution is -2.40. The monoisotopic (exact) mass is 286 g/mol. The Labute approximate surface area is 113 Å². The molecule has 2 heterocycles. The lowest BCUT2D eigenvalue weighted by Gasteiger charge is -2.25. The number of methoxy groups -OCH3 is 1. The number of nitrogens with zero attached hydrogens (tertiary/aromatic N) is 1. The average molecular weight is 286 g/mol. The minimum atomic E-state index is -1.97. The van der Waals surface area contributed by atoms with Gasteiger partial charge in [-0.2, -0.15) is 0 Å². The number of rotatable bonds is 2. The maximum Gasteiger partial charge on any atom is 0.335 e. The summed E-state index contributed by atoms with van der Waals surface area (Å²) in [5, 5.41) is 0. The first-order valence-corrected chi connectivity index (χ1v) is 6.02. The van der Waals surface area contributed by atoms with Gasteiger partial charge in [0, 0.05) is 18.2 Å². The Hall–Kier alpha value is -1.96. The zero-order valence-corrected chi connectivity index (χ0v) is 11.3. The standard InChI is InChI=1S/C12H15FN2O5/c1-6-8(9(17)19-3)20-10(12(6,2)13)15-5-4-7(16)14-11(15)18/h4-6,8,10H,1-3H3,(H,14,16,18)/t6-,8+,10-,12-/m1/s1. The summed E-state index contributed by atoms with van der Waals surface area (Å²) in [5.41, 5.74) is -3.37. The molecule has 4 atom stereocenters. The van der Waals surface area contributed by atoms with E-state index in [1.54, 1.807) is 0 Å². The fraction of sp³-hybridized carbons (Fsp3) is 0.583. The van der Waals surface area contributed by atoms with Gasteiger partial charge in [0.2, 0.25) is 0 Å². The maximum absolute atomic E-state index is 14.8. The van der Waals surface area contributed by atoms with Crippen LogP contribution in [0.4, 0.5) is 4.39 Å². The van der Waals surface area contributed by atoms with Gasteiger partial charge in [-0.3, -0.25) is 14.3 Å². The van der Waals surface area contributed by atoms with Gasteiger partial charge in [0.15, 0.2) is 18.0 Å². The first-order chi connectivity index (χ1) is 9.28. The van der Waals surface area contributed by atoms with E-state index in [4.69, 9.17) is 4.74 Å². The van der Waals surface area contributed by atoms with Crippen LogP contribution in [-0.4, -0.2) is 34.4 Å². The molecule has 1 aliphatic rings. The molecule has 1 N–H and O–H groups in total. The summed E-state index contributed by atoms with van der Waals surface area (Å²) in [7, 11) is 1.17. The number of aromatic nitrogens is 2. The molecule has 0 aromatic carbocycles. The fourth-order valence-electron chi connectivity index (χ4n) is 2.24. The second-order valence-corrected chi connectivity index (χ2v) is 4.89. The van der Waals surface area contributed by atoms with Crippen LogP contribution in [0.1, 0.15) is 20.1 Å². The third-order valence-electron chi connectivity index (χ3n) is 3.64. The fourth-order valence-corrected chi connectivity index (χ4v) is 2.24. The number of ether oxygens (including phenoxy) is 2. The van der Waals surface area contributed by atoms with Crippen molar-refractivity contribution in [1.82, 2.24) is 9.55 Å². The number of alkyl halides is 1. The number of nitrogens with one attached hydrogen (secondary N) is 1. The van der Waals surface area contributed by atoms with E-state index in [9.17, 15) is 18.8 Å². The lowest BCUT2D eigenvalue weighted by atomic mass is 9.89. The lowest BCUT2D eigenvalue weighted by molar-refractivity contribution is -0.157. The molecule has 0 bridgehead atoms. The molecule has 1 aromatic rings. The summed E-state index contributed by atoms with van der Waals surface area (Å²) in [6.45, 7) is 2.74. The van der Waals surface area contributed by atoms with Gasteiger partial charge in [-0.1, -0.05) is 6.92 Å². The Morgan fingerprint density at radius 3 is 2.75 bits per heavy atom. The number of carbonyl (C=O) groups excluding carboxylic acids is 1. The van der Waals surface area contributed by atoms with E-state index in [-0.39, 0.29) is 0 Å². The minimum Gasteiger partial charge on any atom is -0.467 e. The van der Waals surface area contributed by atoms with Crippen LogP contribution in [0.15, 0.2) is 21.9 Å². The smallest absolute Gasteiger partial charge is 0.335 e. The molecular formula is C12H15FN2O5. The molecule has 0 aliphatic carbocycles. The van der Waals surface area contributed by atoms with Crippen molar-refractivity contribution in [2.24, 2.45) is 5.92 Å².